The van der Waals surface area contributed by atoms with Crippen LogP contribution in [0, 0.1) is 0 Å². The summed E-state index contributed by atoms with van der Waals surface area (Å²) >= 11 is 0. The summed E-state index contributed by atoms with van der Waals surface area (Å²) in [6.45, 7) is 0.752. The number of anilines is 1. The van der Waals surface area contributed by atoms with Crippen molar-refractivity contribution in [1.29, 1.82) is 0 Å². The Balaban J connectivity index is 1.60. The fourth-order valence-electron chi connectivity index (χ4n) is 2.80. The molecule has 1 saturated heterocycles. The number of carbonyl (C=O) groups is 1. The quantitative estimate of drug-likeness (QED) is 0.910. The molecule has 120 valence electrons. The van der Waals surface area contributed by atoms with Crippen molar-refractivity contribution < 1.29 is 9.53 Å². The zero-order valence-corrected chi connectivity index (χ0v) is 13.1. The van der Waals surface area contributed by atoms with Crippen molar-refractivity contribution in [2.75, 3.05) is 18.9 Å². The van der Waals surface area contributed by atoms with Crippen LogP contribution in [-0.2, 0) is 4.79 Å². The zero-order chi connectivity index (χ0) is 16.2. The van der Waals surface area contributed by atoms with Crippen molar-refractivity contribution in [1.82, 2.24) is 4.90 Å². The van der Waals surface area contributed by atoms with E-state index in [1.54, 1.807) is 0 Å². The smallest absolute Gasteiger partial charge is 0.241 e. The topological polar surface area (TPSA) is 67.6 Å². The van der Waals surface area contributed by atoms with E-state index in [0.29, 0.717) is 6.42 Å². The molecule has 0 spiro atoms. The van der Waals surface area contributed by atoms with E-state index in [1.165, 1.54) is 0 Å². The first kappa shape index (κ1) is 15.5. The highest BCUT2D eigenvalue weighted by Gasteiger charge is 2.32. The van der Waals surface area contributed by atoms with E-state index in [0.717, 1.165) is 23.7 Å². The minimum atomic E-state index is -0.162. The highest BCUT2D eigenvalue weighted by atomic mass is 16.5. The average molecular weight is 311 g/mol. The van der Waals surface area contributed by atoms with Gasteiger partial charge in [-0.1, -0.05) is 18.2 Å². The van der Waals surface area contributed by atoms with Gasteiger partial charge in [0.1, 0.15) is 11.5 Å². The number of para-hydroxylation sites is 1. The molecule has 0 aromatic heterocycles. The number of hydrogen-bond donors (Lipinski definition) is 2. The molecule has 2 aromatic rings. The molecule has 0 radical (unpaired) electrons. The Hall–Kier alpha value is -2.37. The van der Waals surface area contributed by atoms with Gasteiger partial charge < -0.3 is 15.8 Å². The van der Waals surface area contributed by atoms with Gasteiger partial charge in [-0.3, -0.25) is 9.69 Å². The van der Waals surface area contributed by atoms with Crippen LogP contribution in [0.3, 0.4) is 0 Å². The molecule has 5 nitrogen and oxygen atoms in total. The summed E-state index contributed by atoms with van der Waals surface area (Å²) in [5, 5.41) is 2.93. The monoisotopic (exact) mass is 311 g/mol. The molecule has 2 aromatic carbocycles. The Labute approximate surface area is 136 Å². The van der Waals surface area contributed by atoms with Crippen LogP contribution in [0.4, 0.5) is 5.69 Å². The molecule has 1 amide bonds. The van der Waals surface area contributed by atoms with Gasteiger partial charge in [0.15, 0.2) is 0 Å². The predicted molar refractivity (Wildman–Crippen MR) is 90.6 cm³/mol. The third kappa shape index (κ3) is 3.88. The standard InChI is InChI=1S/C18H21N3O2/c1-21-12-13(19)11-17(21)18(22)20-14-7-9-16(10-8-14)23-15-5-3-2-4-6-15/h2-10,13,17H,11-12,19H2,1H3,(H,20,22). The Bertz CT molecular complexity index is 658. The van der Waals surface area contributed by atoms with Gasteiger partial charge in [0.25, 0.3) is 0 Å². The third-order valence-corrected chi connectivity index (χ3v) is 3.98. The Kier molecular flexibility index (Phi) is 4.60. The number of likely N-dealkylation sites (N-methyl/N-ethyl adjacent to an activating group) is 1. The van der Waals surface area contributed by atoms with Crippen LogP contribution in [0.15, 0.2) is 54.6 Å². The van der Waals surface area contributed by atoms with Crippen LogP contribution in [0.25, 0.3) is 0 Å². The molecular weight excluding hydrogens is 290 g/mol. The minimum absolute atomic E-state index is 0.0165. The number of benzene rings is 2. The van der Waals surface area contributed by atoms with Gasteiger partial charge in [-0.25, -0.2) is 0 Å². The van der Waals surface area contributed by atoms with Crippen LogP contribution in [0.2, 0.25) is 0 Å². The molecule has 0 bridgehead atoms. The van der Waals surface area contributed by atoms with Gasteiger partial charge in [-0.05, 0) is 49.9 Å². The van der Waals surface area contributed by atoms with Crippen LogP contribution in [0.1, 0.15) is 6.42 Å². The lowest BCUT2D eigenvalue weighted by atomic mass is 10.1. The van der Waals surface area contributed by atoms with E-state index in [9.17, 15) is 4.79 Å². The zero-order valence-electron chi connectivity index (χ0n) is 13.1. The van der Waals surface area contributed by atoms with Crippen molar-refractivity contribution in [3.63, 3.8) is 0 Å². The predicted octanol–water partition coefficient (Wildman–Crippen LogP) is 2.45. The number of rotatable bonds is 4. The second-order valence-electron chi connectivity index (χ2n) is 5.88. The van der Waals surface area contributed by atoms with E-state index >= 15 is 0 Å². The first-order valence-electron chi connectivity index (χ1n) is 7.71. The molecule has 0 saturated carbocycles. The van der Waals surface area contributed by atoms with Crippen LogP contribution in [-0.4, -0.2) is 36.5 Å². The molecule has 2 atom stereocenters. The first-order valence-corrected chi connectivity index (χ1v) is 7.71. The lowest BCUT2D eigenvalue weighted by molar-refractivity contribution is -0.119. The van der Waals surface area contributed by atoms with Gasteiger partial charge in [0.2, 0.25) is 5.91 Å². The van der Waals surface area contributed by atoms with Crippen LogP contribution >= 0.6 is 0 Å². The number of nitrogens with two attached hydrogens (primary N) is 1. The highest BCUT2D eigenvalue weighted by molar-refractivity contribution is 5.95. The molecular formula is C18H21N3O2. The number of nitrogens with zero attached hydrogens (tertiary/aromatic N) is 1. The van der Waals surface area contributed by atoms with Gasteiger partial charge >= 0.3 is 0 Å². The molecule has 0 aliphatic carbocycles. The van der Waals surface area contributed by atoms with E-state index in [4.69, 9.17) is 10.5 Å². The fraction of sp³-hybridized carbons (Fsp3) is 0.278. The Morgan fingerprint density at radius 2 is 1.78 bits per heavy atom. The van der Waals surface area contributed by atoms with Gasteiger partial charge in [0.05, 0.1) is 6.04 Å². The third-order valence-electron chi connectivity index (χ3n) is 3.98. The maximum absolute atomic E-state index is 12.3. The summed E-state index contributed by atoms with van der Waals surface area (Å²) < 4.78 is 5.73. The maximum Gasteiger partial charge on any atom is 0.241 e. The van der Waals surface area contributed by atoms with Gasteiger partial charge in [-0.2, -0.15) is 0 Å². The van der Waals surface area contributed by atoms with Crippen molar-refractivity contribution in [2.24, 2.45) is 5.73 Å². The lowest BCUT2D eigenvalue weighted by Crippen LogP contribution is -2.37. The summed E-state index contributed by atoms with van der Waals surface area (Å²) in [6.07, 6.45) is 0.692. The molecule has 1 aliphatic heterocycles. The van der Waals surface area contributed by atoms with E-state index in [2.05, 4.69) is 5.32 Å². The van der Waals surface area contributed by atoms with Crippen molar-refractivity contribution in [3.8, 4) is 11.5 Å². The van der Waals surface area contributed by atoms with Crippen molar-refractivity contribution in [3.05, 3.63) is 54.6 Å². The number of ether oxygens (including phenoxy) is 1. The number of nitrogens with one attached hydrogen (secondary N) is 1. The summed E-state index contributed by atoms with van der Waals surface area (Å²) in [5.41, 5.74) is 6.66. The summed E-state index contributed by atoms with van der Waals surface area (Å²) in [7, 11) is 1.92. The molecule has 3 N–H and O–H groups in total. The second kappa shape index (κ2) is 6.81. The van der Waals surface area contributed by atoms with Crippen molar-refractivity contribution >= 4 is 11.6 Å². The molecule has 1 heterocycles. The van der Waals surface area contributed by atoms with E-state index in [-0.39, 0.29) is 18.0 Å². The SMILES string of the molecule is CN1CC(N)CC1C(=O)Nc1ccc(Oc2ccccc2)cc1. The van der Waals surface area contributed by atoms with Crippen molar-refractivity contribution in [2.45, 2.75) is 18.5 Å². The molecule has 1 fully saturated rings. The maximum atomic E-state index is 12.3. The Morgan fingerprint density at radius 1 is 1.13 bits per heavy atom. The first-order chi connectivity index (χ1) is 11.1. The second-order valence-corrected chi connectivity index (χ2v) is 5.88. The average Bonchev–Trinajstić information content (AvgIpc) is 2.89. The lowest BCUT2D eigenvalue weighted by Gasteiger charge is -2.18. The normalized spacial score (nSPS) is 21.1. The van der Waals surface area contributed by atoms with Crippen LogP contribution in [0.5, 0.6) is 11.5 Å². The fourth-order valence-corrected chi connectivity index (χ4v) is 2.80. The Morgan fingerprint density at radius 3 is 2.39 bits per heavy atom. The van der Waals surface area contributed by atoms with E-state index < -0.39 is 0 Å². The summed E-state index contributed by atoms with van der Waals surface area (Å²) in [5.74, 6) is 1.50. The van der Waals surface area contributed by atoms with Gasteiger partial charge in [0, 0.05) is 18.3 Å². The van der Waals surface area contributed by atoms with Gasteiger partial charge in [-0.15, -0.1) is 0 Å². The highest BCUT2D eigenvalue weighted by Crippen LogP contribution is 2.23. The molecule has 3 rings (SSSR count). The largest absolute Gasteiger partial charge is 0.457 e. The summed E-state index contributed by atoms with van der Waals surface area (Å²) in [6, 6.07) is 16.8. The summed E-state index contributed by atoms with van der Waals surface area (Å²) in [4.78, 5) is 14.3. The number of hydrogen-bond acceptors (Lipinski definition) is 4. The molecule has 1 aliphatic rings. The van der Waals surface area contributed by atoms with E-state index in [1.807, 2.05) is 66.5 Å². The molecule has 2 unspecified atom stereocenters. The molecule has 5 heteroatoms. The minimum Gasteiger partial charge on any atom is -0.457 e. The number of likely N-dealkylation sites (tertiary alicyclic amines) is 1. The molecule has 23 heavy (non-hydrogen) atoms. The van der Waals surface area contributed by atoms with Crippen LogP contribution < -0.4 is 15.8 Å². The number of carbonyl (C=O) groups excluding carboxylic acids is 1. The number of amides is 1.